The Labute approximate surface area is 145 Å². The average Bonchev–Trinajstić information content (AvgIpc) is 2.89. The summed E-state index contributed by atoms with van der Waals surface area (Å²) in [6.07, 6.45) is 1.59. The molecule has 0 fully saturated rings. The summed E-state index contributed by atoms with van der Waals surface area (Å²) >= 11 is 0. The number of nitrogens with zero attached hydrogens (tertiary/aromatic N) is 4. The maximum absolute atomic E-state index is 12.8. The summed E-state index contributed by atoms with van der Waals surface area (Å²) in [4.78, 5) is 14.3. The lowest BCUT2D eigenvalue weighted by atomic mass is 10.3. The van der Waals surface area contributed by atoms with Crippen LogP contribution in [0.25, 0.3) is 5.69 Å². The molecule has 2 aromatic carbocycles. The molecule has 1 aromatic heterocycles. The lowest BCUT2D eigenvalue weighted by Crippen LogP contribution is -2.20. The minimum Gasteiger partial charge on any atom is -0.482 e. The van der Waals surface area contributed by atoms with Crippen molar-refractivity contribution in [3.63, 3.8) is 0 Å². The standard InChI is InChI=1S/C19H18N4O2/c1-3-14-25-18-15(2)23(21-20-16-10-6-4-7-11-16)22(19(18)24)17-12-8-5-9-13-17/h3-13H,1,14H2,2H3. The maximum atomic E-state index is 12.8. The highest BCUT2D eigenvalue weighted by molar-refractivity contribution is 5.37. The first kappa shape index (κ1) is 16.4. The highest BCUT2D eigenvalue weighted by Gasteiger charge is 2.19. The minimum absolute atomic E-state index is 0.232. The van der Waals surface area contributed by atoms with Crippen molar-refractivity contribution in [2.75, 3.05) is 6.61 Å². The van der Waals surface area contributed by atoms with Gasteiger partial charge >= 0.3 is 5.56 Å². The van der Waals surface area contributed by atoms with Gasteiger partial charge in [-0.3, -0.25) is 4.79 Å². The van der Waals surface area contributed by atoms with Crippen molar-refractivity contribution in [3.05, 3.63) is 89.4 Å². The molecule has 0 unspecified atom stereocenters. The number of para-hydroxylation sites is 1. The quantitative estimate of drug-likeness (QED) is 0.504. The Balaban J connectivity index is 2.13. The number of benzene rings is 2. The third kappa shape index (κ3) is 3.42. The van der Waals surface area contributed by atoms with E-state index >= 15 is 0 Å². The fraction of sp³-hybridized carbons (Fsp3) is 0.105. The summed E-state index contributed by atoms with van der Waals surface area (Å²) in [5.74, 6) is 0.232. The smallest absolute Gasteiger partial charge is 0.315 e. The zero-order valence-corrected chi connectivity index (χ0v) is 13.9. The van der Waals surface area contributed by atoms with E-state index in [0.29, 0.717) is 17.1 Å². The molecule has 0 aliphatic carbocycles. The van der Waals surface area contributed by atoms with Crippen molar-refractivity contribution < 1.29 is 4.74 Å². The van der Waals surface area contributed by atoms with E-state index in [2.05, 4.69) is 16.9 Å². The van der Waals surface area contributed by atoms with E-state index in [9.17, 15) is 4.79 Å². The zero-order valence-electron chi connectivity index (χ0n) is 13.9. The van der Waals surface area contributed by atoms with Crippen LogP contribution in [0.2, 0.25) is 0 Å². The number of hydrogen-bond acceptors (Lipinski definition) is 4. The van der Waals surface area contributed by atoms with Crippen molar-refractivity contribution in [2.24, 2.45) is 10.3 Å². The van der Waals surface area contributed by atoms with E-state index in [0.717, 1.165) is 0 Å². The molecule has 1 heterocycles. The SMILES string of the molecule is C=CCOc1c(C)n(N=Nc2ccccc2)n(-c2ccccc2)c1=O. The van der Waals surface area contributed by atoms with E-state index in [1.807, 2.05) is 60.7 Å². The molecule has 0 atom stereocenters. The summed E-state index contributed by atoms with van der Waals surface area (Å²) < 4.78 is 6.97. The third-order valence-corrected chi connectivity index (χ3v) is 3.55. The molecular weight excluding hydrogens is 316 g/mol. The van der Waals surface area contributed by atoms with Crippen LogP contribution in [0, 0.1) is 6.92 Å². The van der Waals surface area contributed by atoms with Gasteiger partial charge in [0.2, 0.25) is 5.75 Å². The van der Waals surface area contributed by atoms with Crippen molar-refractivity contribution in [1.82, 2.24) is 9.47 Å². The Kier molecular flexibility index (Phi) is 4.89. The predicted molar refractivity (Wildman–Crippen MR) is 96.8 cm³/mol. The summed E-state index contributed by atoms with van der Waals surface area (Å²) in [5.41, 5.74) is 1.64. The van der Waals surface area contributed by atoms with Crippen LogP contribution < -0.4 is 10.3 Å². The fourth-order valence-corrected chi connectivity index (χ4v) is 2.38. The van der Waals surface area contributed by atoms with Crippen LogP contribution in [0.1, 0.15) is 5.69 Å². The van der Waals surface area contributed by atoms with Gasteiger partial charge in [-0.2, -0.15) is 4.68 Å². The molecule has 0 aliphatic rings. The van der Waals surface area contributed by atoms with Gasteiger partial charge in [0.05, 0.1) is 11.4 Å². The molecule has 0 radical (unpaired) electrons. The molecule has 126 valence electrons. The van der Waals surface area contributed by atoms with Crippen LogP contribution in [-0.2, 0) is 0 Å². The first-order valence-corrected chi connectivity index (χ1v) is 7.83. The maximum Gasteiger partial charge on any atom is 0.315 e. The van der Waals surface area contributed by atoms with Crippen LogP contribution in [0.15, 0.2) is 88.5 Å². The van der Waals surface area contributed by atoms with Gasteiger partial charge in [0.1, 0.15) is 12.3 Å². The molecular formula is C19H18N4O2. The minimum atomic E-state index is -0.294. The van der Waals surface area contributed by atoms with Crippen LogP contribution in [0.5, 0.6) is 5.75 Å². The molecule has 0 saturated heterocycles. The Hall–Kier alpha value is -3.41. The van der Waals surface area contributed by atoms with Crippen molar-refractivity contribution in [2.45, 2.75) is 6.92 Å². The van der Waals surface area contributed by atoms with Crippen molar-refractivity contribution >= 4 is 5.69 Å². The topological polar surface area (TPSA) is 60.9 Å². The van der Waals surface area contributed by atoms with E-state index in [4.69, 9.17) is 4.74 Å². The molecule has 0 aliphatic heterocycles. The average molecular weight is 334 g/mol. The molecule has 6 nitrogen and oxygen atoms in total. The zero-order chi connectivity index (χ0) is 17.6. The number of rotatable bonds is 6. The predicted octanol–water partition coefficient (Wildman–Crippen LogP) is 4.06. The van der Waals surface area contributed by atoms with Crippen LogP contribution in [0.4, 0.5) is 5.69 Å². The van der Waals surface area contributed by atoms with Crippen LogP contribution in [0.3, 0.4) is 0 Å². The Morgan fingerprint density at radius 2 is 1.72 bits per heavy atom. The third-order valence-electron chi connectivity index (χ3n) is 3.55. The first-order chi connectivity index (χ1) is 12.2. The first-order valence-electron chi connectivity index (χ1n) is 7.83. The van der Waals surface area contributed by atoms with Crippen LogP contribution >= 0.6 is 0 Å². The monoisotopic (exact) mass is 334 g/mol. The lowest BCUT2D eigenvalue weighted by Gasteiger charge is -2.06. The molecule has 25 heavy (non-hydrogen) atoms. The summed E-state index contributed by atoms with van der Waals surface area (Å²) in [6.45, 7) is 5.62. The Morgan fingerprint density at radius 3 is 2.36 bits per heavy atom. The van der Waals surface area contributed by atoms with Gasteiger partial charge in [0.15, 0.2) is 0 Å². The van der Waals surface area contributed by atoms with Gasteiger partial charge in [0, 0.05) is 0 Å². The van der Waals surface area contributed by atoms with Crippen molar-refractivity contribution in [1.29, 1.82) is 0 Å². The largest absolute Gasteiger partial charge is 0.482 e. The summed E-state index contributed by atoms with van der Waals surface area (Å²) in [5, 5.41) is 8.45. The van der Waals surface area contributed by atoms with E-state index in [1.54, 1.807) is 13.0 Å². The molecule has 0 spiro atoms. The summed E-state index contributed by atoms with van der Waals surface area (Å²) in [6, 6.07) is 18.6. The Bertz CT molecular complexity index is 941. The van der Waals surface area contributed by atoms with Gasteiger partial charge in [0.25, 0.3) is 0 Å². The van der Waals surface area contributed by atoms with Gasteiger partial charge in [-0.05, 0) is 36.4 Å². The van der Waals surface area contributed by atoms with Gasteiger partial charge < -0.3 is 4.74 Å². The van der Waals surface area contributed by atoms with E-state index < -0.39 is 0 Å². The number of hydrogen-bond donors (Lipinski definition) is 0. The second kappa shape index (κ2) is 7.44. The summed E-state index contributed by atoms with van der Waals surface area (Å²) in [7, 11) is 0. The van der Waals surface area contributed by atoms with E-state index in [1.165, 1.54) is 9.47 Å². The van der Waals surface area contributed by atoms with Gasteiger partial charge in [-0.25, -0.2) is 0 Å². The molecule has 0 amide bonds. The van der Waals surface area contributed by atoms with Crippen LogP contribution in [-0.4, -0.2) is 16.1 Å². The Morgan fingerprint density at radius 1 is 1.08 bits per heavy atom. The van der Waals surface area contributed by atoms with E-state index in [-0.39, 0.29) is 17.9 Å². The highest BCUT2D eigenvalue weighted by atomic mass is 16.5. The number of ether oxygens (including phenoxy) is 1. The van der Waals surface area contributed by atoms with Gasteiger partial charge in [-0.15, -0.1) is 9.91 Å². The highest BCUT2D eigenvalue weighted by Crippen LogP contribution is 2.19. The molecule has 6 heteroatoms. The molecule has 3 aromatic rings. The lowest BCUT2D eigenvalue weighted by molar-refractivity contribution is 0.356. The molecule has 3 rings (SSSR count). The second-order valence-electron chi connectivity index (χ2n) is 5.28. The molecule has 0 saturated carbocycles. The van der Waals surface area contributed by atoms with Crippen molar-refractivity contribution in [3.8, 4) is 11.4 Å². The second-order valence-corrected chi connectivity index (χ2v) is 5.28. The normalized spacial score (nSPS) is 10.9. The molecule has 0 N–H and O–H groups in total. The molecule has 0 bridgehead atoms. The fourth-order valence-electron chi connectivity index (χ4n) is 2.38. The number of aromatic nitrogens is 2. The van der Waals surface area contributed by atoms with Gasteiger partial charge in [-0.1, -0.05) is 49.1 Å².